The van der Waals surface area contributed by atoms with E-state index in [4.69, 9.17) is 4.74 Å². The van der Waals surface area contributed by atoms with E-state index in [0.717, 1.165) is 42.5 Å². The summed E-state index contributed by atoms with van der Waals surface area (Å²) in [6.45, 7) is 7.71. The van der Waals surface area contributed by atoms with Gasteiger partial charge in [-0.2, -0.15) is 0 Å². The number of carbonyl (C=O) groups excluding carboxylic acids is 2. The van der Waals surface area contributed by atoms with Crippen LogP contribution in [0.25, 0.3) is 0 Å². The predicted molar refractivity (Wildman–Crippen MR) is 128 cm³/mol. The van der Waals surface area contributed by atoms with E-state index in [0.29, 0.717) is 44.1 Å². The van der Waals surface area contributed by atoms with Crippen LogP contribution in [0.15, 0.2) is 24.3 Å². The normalized spacial score (nSPS) is 18.2. The summed E-state index contributed by atoms with van der Waals surface area (Å²) in [6, 6.07) is 6.34. The Morgan fingerprint density at radius 1 is 1.09 bits per heavy atom. The first-order chi connectivity index (χ1) is 15.7. The second kappa shape index (κ2) is 11.8. The minimum absolute atomic E-state index is 0.114. The lowest BCUT2D eigenvalue weighted by molar-refractivity contribution is -0.119. The van der Waals surface area contributed by atoms with Gasteiger partial charge in [0.05, 0.1) is 25.2 Å². The third-order valence-corrected chi connectivity index (χ3v) is 7.38. The van der Waals surface area contributed by atoms with Gasteiger partial charge in [-0.1, -0.05) is 6.92 Å². The minimum Gasteiger partial charge on any atom is -0.378 e. The highest BCUT2D eigenvalue weighted by Crippen LogP contribution is 2.19. The second-order valence-corrected chi connectivity index (χ2v) is 10.9. The number of sulfonamides is 1. The van der Waals surface area contributed by atoms with E-state index in [1.807, 2.05) is 0 Å². The lowest BCUT2D eigenvalue weighted by Crippen LogP contribution is -2.41. The Hall–Kier alpha value is -2.17. The Morgan fingerprint density at radius 2 is 1.73 bits per heavy atom. The highest BCUT2D eigenvalue weighted by atomic mass is 32.2. The first kappa shape index (κ1) is 25.5. The lowest BCUT2D eigenvalue weighted by atomic mass is 9.99. The molecule has 0 atom stereocenters. The van der Waals surface area contributed by atoms with Gasteiger partial charge in [0.15, 0.2) is 0 Å². The number of nitrogens with one attached hydrogen (secondary N) is 1. The Balaban J connectivity index is 1.51. The number of likely N-dealkylation sites (tertiary alicyclic amines) is 1. The number of rotatable bonds is 9. The number of amides is 2. The average molecular weight is 481 g/mol. The van der Waals surface area contributed by atoms with E-state index in [1.165, 1.54) is 12.8 Å². The fraction of sp³-hybridized carbons (Fsp3) is 0.652. The summed E-state index contributed by atoms with van der Waals surface area (Å²) in [5, 5.41) is 2.83. The molecule has 2 amide bonds. The van der Waals surface area contributed by atoms with Gasteiger partial charge in [-0.25, -0.2) is 8.42 Å². The Bertz CT molecular complexity index is 892. The van der Waals surface area contributed by atoms with Crippen LogP contribution in [0.3, 0.4) is 0 Å². The van der Waals surface area contributed by atoms with Crippen LogP contribution in [0.1, 0.15) is 36.5 Å². The molecule has 33 heavy (non-hydrogen) atoms. The molecule has 2 saturated heterocycles. The Labute approximate surface area is 197 Å². The molecule has 0 unspecified atom stereocenters. The third-order valence-electron chi connectivity index (χ3n) is 6.24. The standard InChI is InChI=1S/C23H36N4O5S/c1-19-8-12-25(13-9-19)11-3-10-24-22(28)18-27(33(2,30)31)21-6-4-20(5-7-21)23(29)26-14-16-32-17-15-26/h4-7,19H,3,8-18H2,1-2H3,(H,24,28). The molecule has 2 heterocycles. The first-order valence-corrected chi connectivity index (χ1v) is 13.5. The van der Waals surface area contributed by atoms with Crippen molar-refractivity contribution in [2.75, 3.05) is 69.6 Å². The fourth-order valence-electron chi connectivity index (χ4n) is 4.12. The minimum atomic E-state index is -3.67. The van der Waals surface area contributed by atoms with Crippen LogP contribution in [0.4, 0.5) is 5.69 Å². The maximum absolute atomic E-state index is 12.6. The molecule has 2 aliphatic rings. The molecule has 0 radical (unpaired) electrons. The smallest absolute Gasteiger partial charge is 0.254 e. The van der Waals surface area contributed by atoms with Crippen LogP contribution < -0.4 is 9.62 Å². The zero-order valence-electron chi connectivity index (χ0n) is 19.7. The lowest BCUT2D eigenvalue weighted by Gasteiger charge is -2.30. The Morgan fingerprint density at radius 3 is 2.33 bits per heavy atom. The van der Waals surface area contributed by atoms with Crippen LogP contribution in [0.5, 0.6) is 0 Å². The zero-order valence-corrected chi connectivity index (χ0v) is 20.5. The second-order valence-electron chi connectivity index (χ2n) is 8.95. The van der Waals surface area contributed by atoms with Crippen molar-refractivity contribution in [3.05, 3.63) is 29.8 Å². The fourth-order valence-corrected chi connectivity index (χ4v) is 4.98. The van der Waals surface area contributed by atoms with E-state index >= 15 is 0 Å². The van der Waals surface area contributed by atoms with Crippen molar-refractivity contribution in [1.82, 2.24) is 15.1 Å². The molecule has 0 spiro atoms. The van der Waals surface area contributed by atoms with Crippen LogP contribution in [-0.2, 0) is 19.6 Å². The number of anilines is 1. The van der Waals surface area contributed by atoms with E-state index in [-0.39, 0.29) is 18.4 Å². The highest BCUT2D eigenvalue weighted by molar-refractivity contribution is 7.92. The molecule has 9 nitrogen and oxygen atoms in total. The number of hydrogen-bond donors (Lipinski definition) is 1. The summed E-state index contributed by atoms with van der Waals surface area (Å²) in [4.78, 5) is 29.2. The monoisotopic (exact) mass is 480 g/mol. The molecule has 184 valence electrons. The van der Waals surface area contributed by atoms with Crippen molar-refractivity contribution in [2.24, 2.45) is 5.92 Å². The summed E-state index contributed by atoms with van der Waals surface area (Å²) < 4.78 is 31.0. The molecule has 2 fully saturated rings. The number of hydrogen-bond acceptors (Lipinski definition) is 6. The van der Waals surface area contributed by atoms with Gasteiger partial charge in [0.25, 0.3) is 5.91 Å². The van der Waals surface area contributed by atoms with Crippen LogP contribution in [0.2, 0.25) is 0 Å². The van der Waals surface area contributed by atoms with Gasteiger partial charge in [0, 0.05) is 25.2 Å². The topological polar surface area (TPSA) is 99.3 Å². The third kappa shape index (κ3) is 7.68. The molecule has 0 aromatic heterocycles. The maximum atomic E-state index is 12.6. The number of carbonyl (C=O) groups is 2. The van der Waals surface area contributed by atoms with Gasteiger partial charge < -0.3 is 19.9 Å². The molecule has 1 aromatic carbocycles. The number of benzene rings is 1. The molecular weight excluding hydrogens is 444 g/mol. The summed E-state index contributed by atoms with van der Waals surface area (Å²) in [6.07, 6.45) is 4.33. The number of morpholine rings is 1. The molecule has 0 bridgehead atoms. The van der Waals surface area contributed by atoms with E-state index in [1.54, 1.807) is 29.2 Å². The molecule has 1 aromatic rings. The SMILES string of the molecule is CC1CCN(CCCNC(=O)CN(c2ccc(C(=O)N3CCOCC3)cc2)S(C)(=O)=O)CC1. The first-order valence-electron chi connectivity index (χ1n) is 11.7. The summed E-state index contributed by atoms with van der Waals surface area (Å²) in [5.41, 5.74) is 0.833. The molecule has 2 aliphatic heterocycles. The predicted octanol–water partition coefficient (Wildman–Crippen LogP) is 1.16. The van der Waals surface area contributed by atoms with Crippen LogP contribution >= 0.6 is 0 Å². The van der Waals surface area contributed by atoms with Crippen LogP contribution in [-0.4, -0.2) is 95.3 Å². The average Bonchev–Trinajstić information content (AvgIpc) is 2.81. The van der Waals surface area contributed by atoms with Gasteiger partial charge in [-0.05, 0) is 69.1 Å². The van der Waals surface area contributed by atoms with Gasteiger partial charge in [-0.3, -0.25) is 13.9 Å². The van der Waals surface area contributed by atoms with E-state index in [9.17, 15) is 18.0 Å². The van der Waals surface area contributed by atoms with E-state index in [2.05, 4.69) is 17.1 Å². The molecule has 3 rings (SSSR count). The van der Waals surface area contributed by atoms with Gasteiger partial charge in [-0.15, -0.1) is 0 Å². The molecule has 1 N–H and O–H groups in total. The summed E-state index contributed by atoms with van der Waals surface area (Å²) in [7, 11) is -3.67. The van der Waals surface area contributed by atoms with Gasteiger partial charge in [0.2, 0.25) is 15.9 Å². The number of piperidine rings is 1. The van der Waals surface area contributed by atoms with Crippen molar-refractivity contribution < 1.29 is 22.7 Å². The van der Waals surface area contributed by atoms with Crippen molar-refractivity contribution >= 4 is 27.5 Å². The summed E-state index contributed by atoms with van der Waals surface area (Å²) in [5.74, 6) is 0.326. The van der Waals surface area contributed by atoms with Gasteiger partial charge in [0.1, 0.15) is 6.54 Å². The summed E-state index contributed by atoms with van der Waals surface area (Å²) >= 11 is 0. The Kier molecular flexibility index (Phi) is 9.10. The highest BCUT2D eigenvalue weighted by Gasteiger charge is 2.23. The quantitative estimate of drug-likeness (QED) is 0.533. The maximum Gasteiger partial charge on any atom is 0.254 e. The molecule has 0 aliphatic carbocycles. The molecule has 10 heteroatoms. The van der Waals surface area contributed by atoms with Crippen LogP contribution in [0, 0.1) is 5.92 Å². The number of ether oxygens (including phenoxy) is 1. The number of nitrogens with zero attached hydrogens (tertiary/aromatic N) is 3. The largest absolute Gasteiger partial charge is 0.378 e. The van der Waals surface area contributed by atoms with Gasteiger partial charge >= 0.3 is 0 Å². The van der Waals surface area contributed by atoms with Crippen molar-refractivity contribution in [2.45, 2.75) is 26.2 Å². The zero-order chi connectivity index (χ0) is 23.8. The van der Waals surface area contributed by atoms with Crippen molar-refractivity contribution in [3.63, 3.8) is 0 Å². The molecular formula is C23H36N4O5S. The molecule has 0 saturated carbocycles. The van der Waals surface area contributed by atoms with Crippen molar-refractivity contribution in [3.8, 4) is 0 Å². The van der Waals surface area contributed by atoms with Crippen molar-refractivity contribution in [1.29, 1.82) is 0 Å². The van der Waals surface area contributed by atoms with E-state index < -0.39 is 10.0 Å².